The number of carbonyl (C=O) groups excluding carboxylic acids is 1. The van der Waals surface area contributed by atoms with Gasteiger partial charge >= 0.3 is 5.97 Å². The summed E-state index contributed by atoms with van der Waals surface area (Å²) in [6.07, 6.45) is 4.18. The molecule has 0 aromatic carbocycles. The molecule has 18 heavy (non-hydrogen) atoms. The van der Waals surface area contributed by atoms with Gasteiger partial charge in [0.15, 0.2) is 0 Å². The molecule has 5 nitrogen and oxygen atoms in total. The zero-order valence-corrected chi connectivity index (χ0v) is 10.1. The molecular formula is C13H15NO4. The molecule has 0 spiro atoms. The fraction of sp³-hybridized carbons (Fsp3) is 0.385. The molecule has 2 heterocycles. The molecule has 96 valence electrons. The van der Waals surface area contributed by atoms with Crippen molar-refractivity contribution in [3.63, 3.8) is 0 Å². The van der Waals surface area contributed by atoms with Crippen LogP contribution in [0.5, 0.6) is 0 Å². The minimum Gasteiger partial charge on any atom is -0.480 e. The van der Waals surface area contributed by atoms with Crippen LogP contribution in [0, 0.1) is 6.92 Å². The number of furan rings is 1. The van der Waals surface area contributed by atoms with Crippen molar-refractivity contribution in [2.24, 2.45) is 0 Å². The monoisotopic (exact) mass is 249 g/mol. The Morgan fingerprint density at radius 2 is 2.28 bits per heavy atom. The second-order valence-corrected chi connectivity index (χ2v) is 4.31. The van der Waals surface area contributed by atoms with Gasteiger partial charge in [-0.25, -0.2) is 4.79 Å². The molecule has 5 heteroatoms. The summed E-state index contributed by atoms with van der Waals surface area (Å²) in [6, 6.07) is 2.87. The summed E-state index contributed by atoms with van der Waals surface area (Å²) < 4.78 is 5.30. The van der Waals surface area contributed by atoms with Crippen LogP contribution >= 0.6 is 0 Å². The average molecular weight is 249 g/mol. The summed E-state index contributed by atoms with van der Waals surface area (Å²) in [4.78, 5) is 24.2. The van der Waals surface area contributed by atoms with Gasteiger partial charge in [0, 0.05) is 12.6 Å². The molecule has 0 radical (unpaired) electrons. The highest BCUT2D eigenvalue weighted by Gasteiger charge is 2.32. The molecule has 1 aliphatic rings. The van der Waals surface area contributed by atoms with Crippen LogP contribution in [0.2, 0.25) is 0 Å². The maximum absolute atomic E-state index is 11.9. The highest BCUT2D eigenvalue weighted by Crippen LogP contribution is 2.18. The fourth-order valence-corrected chi connectivity index (χ4v) is 2.08. The lowest BCUT2D eigenvalue weighted by atomic mass is 10.2. The molecule has 1 atom stereocenters. The van der Waals surface area contributed by atoms with Crippen LogP contribution in [-0.2, 0) is 9.59 Å². The van der Waals surface area contributed by atoms with Gasteiger partial charge in [0.05, 0.1) is 0 Å². The Hall–Kier alpha value is -2.04. The molecule has 1 aromatic heterocycles. The Morgan fingerprint density at radius 3 is 2.89 bits per heavy atom. The minimum absolute atomic E-state index is 0.283. The largest absolute Gasteiger partial charge is 0.480 e. The zero-order chi connectivity index (χ0) is 13.1. The number of carboxylic acid groups (broad SMARTS) is 1. The van der Waals surface area contributed by atoms with Gasteiger partial charge in [-0.2, -0.15) is 0 Å². The molecule has 0 saturated carbocycles. The van der Waals surface area contributed by atoms with Crippen LogP contribution in [0.25, 0.3) is 6.08 Å². The van der Waals surface area contributed by atoms with Crippen molar-refractivity contribution in [2.75, 3.05) is 6.54 Å². The lowest BCUT2D eigenvalue weighted by molar-refractivity contribution is -0.146. The maximum Gasteiger partial charge on any atom is 0.326 e. The maximum atomic E-state index is 11.9. The molecule has 1 N–H and O–H groups in total. The van der Waals surface area contributed by atoms with Crippen molar-refractivity contribution < 1.29 is 19.1 Å². The van der Waals surface area contributed by atoms with Crippen LogP contribution in [0.15, 0.2) is 22.6 Å². The summed E-state index contributed by atoms with van der Waals surface area (Å²) in [5.74, 6) is 0.135. The summed E-state index contributed by atoms with van der Waals surface area (Å²) in [7, 11) is 0. The molecule has 1 saturated heterocycles. The van der Waals surface area contributed by atoms with E-state index in [-0.39, 0.29) is 5.91 Å². The second-order valence-electron chi connectivity index (χ2n) is 4.31. The fourth-order valence-electron chi connectivity index (χ4n) is 2.08. The Balaban J connectivity index is 2.03. The van der Waals surface area contributed by atoms with Crippen LogP contribution in [0.4, 0.5) is 0 Å². The quantitative estimate of drug-likeness (QED) is 0.827. The first-order valence-corrected chi connectivity index (χ1v) is 5.86. The molecule has 1 fully saturated rings. The number of rotatable bonds is 3. The predicted molar refractivity (Wildman–Crippen MR) is 64.8 cm³/mol. The van der Waals surface area contributed by atoms with Crippen LogP contribution in [0.1, 0.15) is 24.4 Å². The molecule has 1 aromatic rings. The number of carbonyl (C=O) groups is 2. The van der Waals surface area contributed by atoms with Gasteiger partial charge in [-0.1, -0.05) is 0 Å². The highest BCUT2D eigenvalue weighted by molar-refractivity contribution is 5.94. The Morgan fingerprint density at radius 1 is 1.50 bits per heavy atom. The van der Waals surface area contributed by atoms with E-state index in [1.54, 1.807) is 18.2 Å². The number of carboxylic acids is 1. The first kappa shape index (κ1) is 12.4. The predicted octanol–water partition coefficient (Wildman–Crippen LogP) is 1.68. The van der Waals surface area contributed by atoms with E-state index in [1.165, 1.54) is 11.0 Å². The van der Waals surface area contributed by atoms with Gasteiger partial charge in [-0.15, -0.1) is 0 Å². The van der Waals surface area contributed by atoms with Crippen molar-refractivity contribution in [1.29, 1.82) is 0 Å². The van der Waals surface area contributed by atoms with Gasteiger partial charge < -0.3 is 14.4 Å². The van der Waals surface area contributed by atoms with E-state index >= 15 is 0 Å². The number of amides is 1. The van der Waals surface area contributed by atoms with Crippen LogP contribution in [-0.4, -0.2) is 34.5 Å². The number of aryl methyl sites for hydroxylation is 1. The zero-order valence-electron chi connectivity index (χ0n) is 10.1. The van der Waals surface area contributed by atoms with Crippen LogP contribution in [0.3, 0.4) is 0 Å². The van der Waals surface area contributed by atoms with E-state index in [0.29, 0.717) is 18.7 Å². The smallest absolute Gasteiger partial charge is 0.326 e. The van der Waals surface area contributed by atoms with E-state index in [9.17, 15) is 9.59 Å². The van der Waals surface area contributed by atoms with E-state index < -0.39 is 12.0 Å². The third-order valence-corrected chi connectivity index (χ3v) is 2.97. The van der Waals surface area contributed by atoms with Crippen molar-refractivity contribution in [3.05, 3.63) is 29.7 Å². The molecular weight excluding hydrogens is 234 g/mol. The van der Waals surface area contributed by atoms with E-state index in [0.717, 1.165) is 12.2 Å². The van der Waals surface area contributed by atoms with Gasteiger partial charge in [0.1, 0.15) is 17.6 Å². The number of hydrogen-bond acceptors (Lipinski definition) is 3. The average Bonchev–Trinajstić information content (AvgIpc) is 2.94. The summed E-state index contributed by atoms with van der Waals surface area (Å²) >= 11 is 0. The van der Waals surface area contributed by atoms with Gasteiger partial charge in [0.2, 0.25) is 5.91 Å². The van der Waals surface area contributed by atoms with Crippen molar-refractivity contribution in [3.8, 4) is 0 Å². The van der Waals surface area contributed by atoms with Crippen molar-refractivity contribution in [2.45, 2.75) is 25.8 Å². The Kier molecular flexibility index (Phi) is 3.50. The number of likely N-dealkylation sites (tertiary alicyclic amines) is 1. The third kappa shape index (κ3) is 2.61. The summed E-state index contributed by atoms with van der Waals surface area (Å²) in [5.41, 5.74) is 0. The van der Waals surface area contributed by atoms with Gasteiger partial charge in [0.25, 0.3) is 0 Å². The molecule has 0 aliphatic carbocycles. The van der Waals surface area contributed by atoms with E-state index in [2.05, 4.69) is 0 Å². The summed E-state index contributed by atoms with van der Waals surface area (Å²) in [5, 5.41) is 8.98. The second kappa shape index (κ2) is 5.08. The van der Waals surface area contributed by atoms with Crippen LogP contribution < -0.4 is 0 Å². The normalized spacial score (nSPS) is 19.6. The Labute approximate surface area is 105 Å². The lowest BCUT2D eigenvalue weighted by Crippen LogP contribution is -2.39. The topological polar surface area (TPSA) is 70.8 Å². The molecule has 0 bridgehead atoms. The molecule has 1 unspecified atom stereocenters. The number of aliphatic carboxylic acids is 1. The SMILES string of the molecule is Cc1ccc(C=CC(=O)N2CCCC2C(=O)O)o1. The van der Waals surface area contributed by atoms with E-state index in [4.69, 9.17) is 9.52 Å². The minimum atomic E-state index is -0.942. The lowest BCUT2D eigenvalue weighted by Gasteiger charge is -2.19. The first-order chi connectivity index (χ1) is 8.58. The first-order valence-electron chi connectivity index (χ1n) is 5.86. The molecule has 2 rings (SSSR count). The Bertz CT molecular complexity index is 489. The van der Waals surface area contributed by atoms with Gasteiger partial charge in [-0.05, 0) is 38.0 Å². The van der Waals surface area contributed by atoms with Gasteiger partial charge in [-0.3, -0.25) is 4.79 Å². The molecule has 1 amide bonds. The van der Waals surface area contributed by atoms with Crippen molar-refractivity contribution >= 4 is 18.0 Å². The number of hydrogen-bond donors (Lipinski definition) is 1. The highest BCUT2D eigenvalue weighted by atomic mass is 16.4. The standard InChI is InChI=1S/C13H15NO4/c1-9-4-5-10(18-9)6-7-12(15)14-8-2-3-11(14)13(16)17/h4-7,11H,2-3,8H2,1H3,(H,16,17). The van der Waals surface area contributed by atoms with E-state index in [1.807, 2.05) is 6.92 Å². The van der Waals surface area contributed by atoms with Crippen molar-refractivity contribution in [1.82, 2.24) is 4.90 Å². The summed E-state index contributed by atoms with van der Waals surface area (Å²) in [6.45, 7) is 2.32. The third-order valence-electron chi connectivity index (χ3n) is 2.97. The molecule has 1 aliphatic heterocycles. The number of nitrogens with zero attached hydrogens (tertiary/aromatic N) is 1.